The van der Waals surface area contributed by atoms with Gasteiger partial charge in [0.05, 0.1) is 15.1 Å². The highest BCUT2D eigenvalue weighted by Gasteiger charge is 2.12. The summed E-state index contributed by atoms with van der Waals surface area (Å²) in [6.07, 6.45) is 2.03. The number of nitro benzene ring substituents is 1. The number of nitro groups is 1. The van der Waals surface area contributed by atoms with Crippen molar-refractivity contribution in [3.63, 3.8) is 0 Å². The normalized spacial score (nSPS) is 10.4. The van der Waals surface area contributed by atoms with Gasteiger partial charge >= 0.3 is 0 Å². The van der Waals surface area contributed by atoms with Crippen molar-refractivity contribution in [1.82, 2.24) is 0 Å². The number of nitrogens with one attached hydrogen (secondary N) is 1. The molecule has 0 atom stereocenters. The van der Waals surface area contributed by atoms with Crippen molar-refractivity contribution in [2.24, 2.45) is 0 Å². The van der Waals surface area contributed by atoms with E-state index < -0.39 is 4.92 Å². The van der Waals surface area contributed by atoms with Crippen LogP contribution in [0.25, 0.3) is 0 Å². The van der Waals surface area contributed by atoms with Gasteiger partial charge in [0.2, 0.25) is 0 Å². The van der Waals surface area contributed by atoms with E-state index in [9.17, 15) is 14.9 Å². The number of carbonyl (C=O) groups is 1. The van der Waals surface area contributed by atoms with Crippen molar-refractivity contribution >= 4 is 33.2 Å². The van der Waals surface area contributed by atoms with Gasteiger partial charge in [-0.1, -0.05) is 25.5 Å². The van der Waals surface area contributed by atoms with Crippen molar-refractivity contribution in [3.05, 3.63) is 62.1 Å². The van der Waals surface area contributed by atoms with Gasteiger partial charge in [-0.3, -0.25) is 14.9 Å². The Kier molecular flexibility index (Phi) is 6.52. The van der Waals surface area contributed by atoms with Crippen molar-refractivity contribution in [3.8, 4) is 5.75 Å². The van der Waals surface area contributed by atoms with E-state index in [-0.39, 0.29) is 18.2 Å². The van der Waals surface area contributed by atoms with Crippen molar-refractivity contribution in [1.29, 1.82) is 0 Å². The number of non-ortho nitro benzene ring substituents is 1. The maximum absolute atomic E-state index is 12.1. The fourth-order valence-corrected chi connectivity index (χ4v) is 2.83. The van der Waals surface area contributed by atoms with E-state index in [1.165, 1.54) is 17.7 Å². The lowest BCUT2D eigenvalue weighted by Crippen LogP contribution is -2.20. The number of carbonyl (C=O) groups excluding carboxylic acids is 1. The number of hydrogen-bond acceptors (Lipinski definition) is 4. The lowest BCUT2D eigenvalue weighted by molar-refractivity contribution is -0.384. The number of anilines is 1. The van der Waals surface area contributed by atoms with Crippen LogP contribution in [0.2, 0.25) is 0 Å². The molecule has 0 saturated carbocycles. The van der Waals surface area contributed by atoms with Gasteiger partial charge in [0.15, 0.2) is 6.61 Å². The smallest absolute Gasteiger partial charge is 0.271 e. The van der Waals surface area contributed by atoms with Crippen LogP contribution in [0.3, 0.4) is 0 Å². The molecule has 2 aromatic carbocycles. The third-order valence-electron chi connectivity index (χ3n) is 3.60. The van der Waals surface area contributed by atoms with Crippen molar-refractivity contribution < 1.29 is 14.5 Å². The quantitative estimate of drug-likeness (QED) is 0.536. The van der Waals surface area contributed by atoms with E-state index in [1.807, 2.05) is 18.2 Å². The fraction of sp³-hybridized carbons (Fsp3) is 0.278. The number of ether oxygens (including phenoxy) is 1. The molecule has 0 aliphatic carbocycles. The summed E-state index contributed by atoms with van der Waals surface area (Å²) in [5, 5.41) is 13.5. The predicted molar refractivity (Wildman–Crippen MR) is 100 cm³/mol. The van der Waals surface area contributed by atoms with E-state index in [2.05, 4.69) is 28.2 Å². The van der Waals surface area contributed by atoms with Crippen LogP contribution in [0.4, 0.5) is 11.4 Å². The number of nitrogens with zero attached hydrogens (tertiary/aromatic N) is 1. The molecule has 0 bridgehead atoms. The second kappa shape index (κ2) is 8.62. The van der Waals surface area contributed by atoms with Crippen LogP contribution in [0.1, 0.15) is 24.5 Å². The monoisotopic (exact) mass is 406 g/mol. The zero-order valence-electron chi connectivity index (χ0n) is 14.0. The SMILES string of the molecule is CCCc1ccc(OCC(=O)Nc2cc([N+](=O)[O-])ccc2C)c(Br)c1. The van der Waals surface area contributed by atoms with E-state index >= 15 is 0 Å². The number of hydrogen-bond donors (Lipinski definition) is 1. The van der Waals surface area contributed by atoms with Gasteiger partial charge in [-0.2, -0.15) is 0 Å². The van der Waals surface area contributed by atoms with Gasteiger partial charge in [-0.05, 0) is 52.5 Å². The Bertz CT molecular complexity index is 793. The highest BCUT2D eigenvalue weighted by molar-refractivity contribution is 9.10. The molecular weight excluding hydrogens is 388 g/mol. The molecule has 0 aliphatic rings. The Labute approximate surface area is 154 Å². The summed E-state index contributed by atoms with van der Waals surface area (Å²) in [5.74, 6) is 0.193. The fourth-order valence-electron chi connectivity index (χ4n) is 2.29. The average Bonchev–Trinajstić information content (AvgIpc) is 2.56. The Hall–Kier alpha value is -2.41. The molecule has 25 heavy (non-hydrogen) atoms. The number of rotatable bonds is 7. The third kappa shape index (κ3) is 5.29. The number of aryl methyl sites for hydroxylation is 2. The molecule has 132 valence electrons. The summed E-state index contributed by atoms with van der Waals surface area (Å²) >= 11 is 3.44. The first-order valence-corrected chi connectivity index (χ1v) is 8.66. The lowest BCUT2D eigenvalue weighted by Gasteiger charge is -2.11. The van der Waals surface area contributed by atoms with Gasteiger partial charge in [0, 0.05) is 12.1 Å². The molecule has 2 rings (SSSR count). The highest BCUT2D eigenvalue weighted by atomic mass is 79.9. The lowest BCUT2D eigenvalue weighted by atomic mass is 10.1. The Morgan fingerprint density at radius 2 is 2.04 bits per heavy atom. The average molecular weight is 407 g/mol. The summed E-state index contributed by atoms with van der Waals surface area (Å²) in [6.45, 7) is 3.69. The van der Waals surface area contributed by atoms with Gasteiger partial charge in [0.25, 0.3) is 11.6 Å². The second-order valence-electron chi connectivity index (χ2n) is 5.61. The first-order valence-electron chi connectivity index (χ1n) is 7.86. The first-order chi connectivity index (χ1) is 11.9. The zero-order chi connectivity index (χ0) is 18.4. The number of benzene rings is 2. The maximum Gasteiger partial charge on any atom is 0.271 e. The number of halogens is 1. The topological polar surface area (TPSA) is 81.5 Å². The third-order valence-corrected chi connectivity index (χ3v) is 4.22. The molecule has 0 heterocycles. The summed E-state index contributed by atoms with van der Waals surface area (Å²) in [7, 11) is 0. The standard InChI is InChI=1S/C18H19BrN2O4/c1-3-4-13-6-8-17(15(19)9-13)25-11-18(22)20-16-10-14(21(23)24)7-5-12(16)2/h5-10H,3-4,11H2,1-2H3,(H,20,22). The molecule has 0 aliphatic heterocycles. The van der Waals surface area contributed by atoms with Crippen molar-refractivity contribution in [2.45, 2.75) is 26.7 Å². The molecular formula is C18H19BrN2O4. The summed E-state index contributed by atoms with van der Waals surface area (Å²) in [4.78, 5) is 22.4. The molecule has 7 heteroatoms. The van der Waals surface area contributed by atoms with Crippen LogP contribution in [0.15, 0.2) is 40.9 Å². The molecule has 0 radical (unpaired) electrons. The highest BCUT2D eigenvalue weighted by Crippen LogP contribution is 2.27. The number of amides is 1. The summed E-state index contributed by atoms with van der Waals surface area (Å²) in [5.41, 5.74) is 2.26. The zero-order valence-corrected chi connectivity index (χ0v) is 15.6. The summed E-state index contributed by atoms with van der Waals surface area (Å²) in [6, 6.07) is 10.1. The minimum Gasteiger partial charge on any atom is -0.483 e. The Morgan fingerprint density at radius 3 is 2.68 bits per heavy atom. The van der Waals surface area contributed by atoms with Crippen LogP contribution in [-0.4, -0.2) is 17.4 Å². The van der Waals surface area contributed by atoms with Crippen LogP contribution in [0, 0.1) is 17.0 Å². The minimum atomic E-state index is -0.499. The molecule has 2 aromatic rings. The molecule has 0 fully saturated rings. The van der Waals surface area contributed by atoms with Crippen LogP contribution >= 0.6 is 15.9 Å². The molecule has 0 saturated heterocycles. The van der Waals surface area contributed by atoms with Gasteiger partial charge in [-0.25, -0.2) is 0 Å². The molecule has 0 spiro atoms. The minimum absolute atomic E-state index is 0.0731. The van der Waals surface area contributed by atoms with Crippen LogP contribution < -0.4 is 10.1 Å². The maximum atomic E-state index is 12.1. The van der Waals surface area contributed by atoms with Gasteiger partial charge in [0.1, 0.15) is 5.75 Å². The van der Waals surface area contributed by atoms with E-state index in [0.717, 1.165) is 22.9 Å². The molecule has 1 N–H and O–H groups in total. The Balaban J connectivity index is 1.99. The van der Waals surface area contributed by atoms with E-state index in [4.69, 9.17) is 4.74 Å². The molecule has 1 amide bonds. The van der Waals surface area contributed by atoms with E-state index in [0.29, 0.717) is 11.4 Å². The van der Waals surface area contributed by atoms with Gasteiger partial charge in [-0.15, -0.1) is 0 Å². The Morgan fingerprint density at radius 1 is 1.28 bits per heavy atom. The first kappa shape index (κ1) is 18.9. The predicted octanol–water partition coefficient (Wildman–Crippen LogP) is 4.64. The summed E-state index contributed by atoms with van der Waals surface area (Å²) < 4.78 is 6.32. The van der Waals surface area contributed by atoms with Crippen molar-refractivity contribution in [2.75, 3.05) is 11.9 Å². The molecule has 0 aromatic heterocycles. The molecule has 0 unspecified atom stereocenters. The van der Waals surface area contributed by atoms with Gasteiger partial charge < -0.3 is 10.1 Å². The van der Waals surface area contributed by atoms with Crippen LogP contribution in [0.5, 0.6) is 5.75 Å². The van der Waals surface area contributed by atoms with Crippen LogP contribution in [-0.2, 0) is 11.2 Å². The second-order valence-corrected chi connectivity index (χ2v) is 6.46. The molecule has 6 nitrogen and oxygen atoms in total. The largest absolute Gasteiger partial charge is 0.483 e. The van der Waals surface area contributed by atoms with E-state index in [1.54, 1.807) is 13.0 Å².